The number of carbonyl (C=O) groups excluding carboxylic acids is 2. The predicted molar refractivity (Wildman–Crippen MR) is 95.6 cm³/mol. The molecule has 1 unspecified atom stereocenters. The molecule has 1 atom stereocenters. The van der Waals surface area contributed by atoms with Crippen LogP contribution in [0, 0.1) is 0 Å². The maximum Gasteiger partial charge on any atom is 0.236 e. The molecule has 2 fully saturated rings. The lowest BCUT2D eigenvalue weighted by Gasteiger charge is -2.41. The van der Waals surface area contributed by atoms with Gasteiger partial charge in [0.25, 0.3) is 0 Å². The molecule has 2 aliphatic rings. The van der Waals surface area contributed by atoms with Gasteiger partial charge in [0, 0.05) is 45.5 Å². The molecule has 2 saturated heterocycles. The fourth-order valence-corrected chi connectivity index (χ4v) is 3.29. The summed E-state index contributed by atoms with van der Waals surface area (Å²) in [5.74, 6) is 0.276. The molecule has 24 heavy (non-hydrogen) atoms. The summed E-state index contributed by atoms with van der Waals surface area (Å²) < 4.78 is 1.71. The maximum atomic E-state index is 12.5. The van der Waals surface area contributed by atoms with Crippen LogP contribution in [0.2, 0.25) is 0 Å². The third kappa shape index (κ3) is 4.84. The van der Waals surface area contributed by atoms with E-state index in [-0.39, 0.29) is 42.7 Å². The fraction of sp³-hybridized carbons (Fsp3) is 0.667. The molecule has 1 aromatic heterocycles. The van der Waals surface area contributed by atoms with Crippen LogP contribution < -0.4 is 5.32 Å². The summed E-state index contributed by atoms with van der Waals surface area (Å²) in [7, 11) is 1.85. The van der Waals surface area contributed by atoms with Crippen molar-refractivity contribution >= 4 is 36.6 Å². The summed E-state index contributed by atoms with van der Waals surface area (Å²) in [4.78, 5) is 28.3. The van der Waals surface area contributed by atoms with E-state index < -0.39 is 0 Å². The Hall–Kier alpha value is -1.31. The minimum absolute atomic E-state index is 0. The van der Waals surface area contributed by atoms with Crippen molar-refractivity contribution in [1.29, 1.82) is 0 Å². The van der Waals surface area contributed by atoms with E-state index in [2.05, 4.69) is 10.4 Å². The van der Waals surface area contributed by atoms with Gasteiger partial charge in [-0.2, -0.15) is 5.10 Å². The number of amides is 2. The Morgan fingerprint density at radius 3 is 2.83 bits per heavy atom. The molecule has 0 aliphatic carbocycles. The number of halogens is 2. The highest BCUT2D eigenvalue weighted by molar-refractivity contribution is 5.85. The van der Waals surface area contributed by atoms with Gasteiger partial charge in [-0.3, -0.25) is 14.3 Å². The molecular formula is C15H25Cl2N5O2. The Morgan fingerprint density at radius 1 is 1.38 bits per heavy atom. The third-order valence-electron chi connectivity index (χ3n) is 4.43. The van der Waals surface area contributed by atoms with Crippen molar-refractivity contribution in [2.45, 2.75) is 25.3 Å². The lowest BCUT2D eigenvalue weighted by Crippen LogP contribution is -2.57. The van der Waals surface area contributed by atoms with Crippen LogP contribution in [0.3, 0.4) is 0 Å². The van der Waals surface area contributed by atoms with Crippen LogP contribution in [0.5, 0.6) is 0 Å². The molecule has 3 rings (SSSR count). The first kappa shape index (κ1) is 20.7. The number of carbonyl (C=O) groups is 2. The Kier molecular flexibility index (Phi) is 7.99. The summed E-state index contributed by atoms with van der Waals surface area (Å²) in [5, 5.41) is 7.19. The number of aryl methyl sites for hydroxylation is 1. The van der Waals surface area contributed by atoms with Gasteiger partial charge in [0.05, 0.1) is 19.2 Å². The zero-order chi connectivity index (χ0) is 15.5. The predicted octanol–water partition coefficient (Wildman–Crippen LogP) is 0.229. The highest BCUT2D eigenvalue weighted by atomic mass is 35.5. The van der Waals surface area contributed by atoms with Crippen molar-refractivity contribution < 1.29 is 9.59 Å². The average molecular weight is 378 g/mol. The van der Waals surface area contributed by atoms with E-state index in [4.69, 9.17) is 0 Å². The lowest BCUT2D eigenvalue weighted by atomic mass is 10.0. The summed E-state index contributed by atoms with van der Waals surface area (Å²) in [6.45, 7) is 3.45. The summed E-state index contributed by atoms with van der Waals surface area (Å²) in [6, 6.07) is 0.168. The molecule has 1 N–H and O–H groups in total. The van der Waals surface area contributed by atoms with Gasteiger partial charge in [-0.25, -0.2) is 0 Å². The smallest absolute Gasteiger partial charge is 0.236 e. The van der Waals surface area contributed by atoms with E-state index >= 15 is 0 Å². The van der Waals surface area contributed by atoms with Crippen molar-refractivity contribution in [3.63, 3.8) is 0 Å². The number of rotatable bonds is 3. The largest absolute Gasteiger partial charge is 0.340 e. The fourth-order valence-electron chi connectivity index (χ4n) is 3.29. The molecule has 0 aromatic carbocycles. The van der Waals surface area contributed by atoms with Gasteiger partial charge in [-0.15, -0.1) is 24.8 Å². The molecule has 0 saturated carbocycles. The standard InChI is InChI=1S/C15H23N5O2.2ClH/c1-18-10-12(8-17-18)7-14(21)19-5-2-3-13(11-19)20-6-4-16-9-15(20)22;;/h8,10,13,16H,2-7,9,11H2,1H3;2*1H. The highest BCUT2D eigenvalue weighted by Gasteiger charge is 2.31. The van der Waals surface area contributed by atoms with E-state index in [0.29, 0.717) is 19.5 Å². The first-order chi connectivity index (χ1) is 10.6. The average Bonchev–Trinajstić information content (AvgIpc) is 2.93. The Labute approximate surface area is 154 Å². The molecule has 1 aromatic rings. The van der Waals surface area contributed by atoms with Gasteiger partial charge < -0.3 is 15.1 Å². The number of aromatic nitrogens is 2. The van der Waals surface area contributed by atoms with E-state index in [9.17, 15) is 9.59 Å². The van der Waals surface area contributed by atoms with Crippen molar-refractivity contribution in [2.24, 2.45) is 7.05 Å². The molecule has 0 spiro atoms. The van der Waals surface area contributed by atoms with Crippen LogP contribution in [-0.2, 0) is 23.1 Å². The zero-order valence-corrected chi connectivity index (χ0v) is 15.4. The van der Waals surface area contributed by atoms with E-state index in [1.54, 1.807) is 10.9 Å². The number of hydrogen-bond donors (Lipinski definition) is 1. The first-order valence-electron chi connectivity index (χ1n) is 7.89. The molecule has 3 heterocycles. The summed E-state index contributed by atoms with van der Waals surface area (Å²) >= 11 is 0. The van der Waals surface area contributed by atoms with Gasteiger partial charge in [0.15, 0.2) is 0 Å². The monoisotopic (exact) mass is 377 g/mol. The number of piperidine rings is 1. The van der Waals surface area contributed by atoms with Gasteiger partial charge in [-0.1, -0.05) is 0 Å². The van der Waals surface area contributed by atoms with Crippen molar-refractivity contribution in [1.82, 2.24) is 24.9 Å². The topological polar surface area (TPSA) is 70.5 Å². The molecule has 9 heteroatoms. The SMILES string of the molecule is Cl.Cl.Cn1cc(CC(=O)N2CCCC(N3CCNCC3=O)C2)cn1. The number of likely N-dealkylation sites (tertiary alicyclic amines) is 1. The second kappa shape index (κ2) is 9.25. The first-order valence-corrected chi connectivity index (χ1v) is 7.89. The summed E-state index contributed by atoms with van der Waals surface area (Å²) in [6.07, 6.45) is 5.94. The van der Waals surface area contributed by atoms with Crippen LogP contribution in [-0.4, -0.2) is 70.2 Å². The normalized spacial score (nSPS) is 21.0. The van der Waals surface area contributed by atoms with Crippen LogP contribution in [0.15, 0.2) is 12.4 Å². The quantitative estimate of drug-likeness (QED) is 0.818. The van der Waals surface area contributed by atoms with Crippen LogP contribution >= 0.6 is 24.8 Å². The van der Waals surface area contributed by atoms with Gasteiger partial charge in [0.2, 0.25) is 11.8 Å². The molecule has 2 aliphatic heterocycles. The van der Waals surface area contributed by atoms with Gasteiger partial charge in [0.1, 0.15) is 0 Å². The van der Waals surface area contributed by atoms with Gasteiger partial charge >= 0.3 is 0 Å². The van der Waals surface area contributed by atoms with Crippen molar-refractivity contribution in [3.8, 4) is 0 Å². The van der Waals surface area contributed by atoms with Crippen molar-refractivity contribution in [3.05, 3.63) is 18.0 Å². The van der Waals surface area contributed by atoms with Crippen LogP contribution in [0.1, 0.15) is 18.4 Å². The molecule has 7 nitrogen and oxygen atoms in total. The minimum atomic E-state index is 0. The number of piperazine rings is 1. The van der Waals surface area contributed by atoms with Gasteiger partial charge in [-0.05, 0) is 18.4 Å². The zero-order valence-electron chi connectivity index (χ0n) is 13.8. The lowest BCUT2D eigenvalue weighted by molar-refractivity contribution is -0.140. The van der Waals surface area contributed by atoms with E-state index in [1.807, 2.05) is 23.0 Å². The number of hydrogen-bond acceptors (Lipinski definition) is 4. The van der Waals surface area contributed by atoms with Crippen LogP contribution in [0.25, 0.3) is 0 Å². The second-order valence-electron chi connectivity index (χ2n) is 6.10. The van der Waals surface area contributed by atoms with E-state index in [1.165, 1.54) is 0 Å². The molecule has 136 valence electrons. The molecule has 0 bridgehead atoms. The minimum Gasteiger partial charge on any atom is -0.340 e. The highest BCUT2D eigenvalue weighted by Crippen LogP contribution is 2.18. The molecule has 0 radical (unpaired) electrons. The second-order valence-corrected chi connectivity index (χ2v) is 6.10. The van der Waals surface area contributed by atoms with Crippen LogP contribution in [0.4, 0.5) is 0 Å². The Balaban J connectivity index is 0.00000144. The third-order valence-corrected chi connectivity index (χ3v) is 4.43. The van der Waals surface area contributed by atoms with Crippen molar-refractivity contribution in [2.75, 3.05) is 32.7 Å². The number of nitrogens with zero attached hydrogens (tertiary/aromatic N) is 4. The Bertz CT molecular complexity index is 566. The molecule has 2 amide bonds. The maximum absolute atomic E-state index is 12.5. The number of nitrogens with one attached hydrogen (secondary N) is 1. The van der Waals surface area contributed by atoms with E-state index in [0.717, 1.165) is 38.0 Å². The Morgan fingerprint density at radius 2 is 2.17 bits per heavy atom. The summed E-state index contributed by atoms with van der Waals surface area (Å²) in [5.41, 5.74) is 0.938. The molecular weight excluding hydrogens is 353 g/mol.